The number of urea groups is 1. The number of nitrogens with one attached hydrogen (secondary N) is 1. The molecule has 3 amide bonds. The van der Waals surface area contributed by atoms with Crippen LogP contribution in [0.1, 0.15) is 12.8 Å². The van der Waals surface area contributed by atoms with Gasteiger partial charge in [0, 0.05) is 53.2 Å². The quantitative estimate of drug-likeness (QED) is 0.698. The van der Waals surface area contributed by atoms with E-state index in [-0.39, 0.29) is 24.9 Å². The summed E-state index contributed by atoms with van der Waals surface area (Å²) < 4.78 is 0. The number of aliphatic carboxylic acids is 1. The molecule has 0 aliphatic carbocycles. The largest absolute Gasteiger partial charge is 0.480 e. The summed E-state index contributed by atoms with van der Waals surface area (Å²) in [6.07, 6.45) is 1.02. The van der Waals surface area contributed by atoms with Crippen molar-refractivity contribution in [1.82, 2.24) is 20.0 Å². The SMILES string of the molecule is CN(C)C(=O)CCNC(=O)N1CCCN(CC(=O)O)CC1. The van der Waals surface area contributed by atoms with E-state index >= 15 is 0 Å². The van der Waals surface area contributed by atoms with Crippen LogP contribution in [0.2, 0.25) is 0 Å². The van der Waals surface area contributed by atoms with Crippen molar-refractivity contribution in [3.63, 3.8) is 0 Å². The Morgan fingerprint density at radius 2 is 1.86 bits per heavy atom. The third kappa shape index (κ3) is 6.44. The highest BCUT2D eigenvalue weighted by molar-refractivity contribution is 5.78. The molecule has 8 nitrogen and oxygen atoms in total. The molecule has 0 aromatic rings. The molecule has 21 heavy (non-hydrogen) atoms. The molecule has 1 fully saturated rings. The maximum Gasteiger partial charge on any atom is 0.317 e. The lowest BCUT2D eigenvalue weighted by Crippen LogP contribution is -2.43. The van der Waals surface area contributed by atoms with E-state index in [1.807, 2.05) is 4.90 Å². The lowest BCUT2D eigenvalue weighted by atomic mass is 10.3. The van der Waals surface area contributed by atoms with Gasteiger partial charge in [0.2, 0.25) is 5.91 Å². The zero-order chi connectivity index (χ0) is 15.8. The molecule has 1 aliphatic heterocycles. The molecule has 0 aromatic carbocycles. The molecule has 0 spiro atoms. The second-order valence-electron chi connectivity index (χ2n) is 5.28. The topological polar surface area (TPSA) is 93.2 Å². The van der Waals surface area contributed by atoms with Gasteiger partial charge in [-0.2, -0.15) is 0 Å². The van der Waals surface area contributed by atoms with Gasteiger partial charge in [-0.25, -0.2) is 4.79 Å². The van der Waals surface area contributed by atoms with E-state index < -0.39 is 5.97 Å². The minimum Gasteiger partial charge on any atom is -0.480 e. The van der Waals surface area contributed by atoms with Crippen molar-refractivity contribution in [3.05, 3.63) is 0 Å². The third-order valence-electron chi connectivity index (χ3n) is 3.35. The predicted molar refractivity (Wildman–Crippen MR) is 77.0 cm³/mol. The van der Waals surface area contributed by atoms with E-state index in [1.54, 1.807) is 19.0 Å². The molecule has 120 valence electrons. The molecule has 1 heterocycles. The summed E-state index contributed by atoms with van der Waals surface area (Å²) in [5.74, 6) is -0.881. The van der Waals surface area contributed by atoms with E-state index in [0.29, 0.717) is 32.7 Å². The normalized spacial score (nSPS) is 16.2. The van der Waals surface area contributed by atoms with E-state index in [1.165, 1.54) is 4.90 Å². The lowest BCUT2D eigenvalue weighted by Gasteiger charge is -2.21. The summed E-state index contributed by atoms with van der Waals surface area (Å²) in [7, 11) is 3.35. The van der Waals surface area contributed by atoms with E-state index in [0.717, 1.165) is 6.42 Å². The Balaban J connectivity index is 2.31. The van der Waals surface area contributed by atoms with Crippen molar-refractivity contribution in [1.29, 1.82) is 0 Å². The van der Waals surface area contributed by atoms with Crippen LogP contribution in [0.25, 0.3) is 0 Å². The second kappa shape index (κ2) is 8.46. The molecule has 1 aliphatic rings. The molecule has 0 aromatic heterocycles. The Kier molecular flexibility index (Phi) is 6.93. The van der Waals surface area contributed by atoms with Gasteiger partial charge in [0.05, 0.1) is 6.54 Å². The van der Waals surface area contributed by atoms with Crippen LogP contribution in [-0.4, -0.2) is 91.1 Å². The van der Waals surface area contributed by atoms with Crippen LogP contribution in [0.15, 0.2) is 0 Å². The summed E-state index contributed by atoms with van der Waals surface area (Å²) in [5, 5.41) is 11.5. The number of carbonyl (C=O) groups is 3. The molecule has 0 radical (unpaired) electrons. The fourth-order valence-electron chi connectivity index (χ4n) is 2.14. The van der Waals surface area contributed by atoms with Crippen LogP contribution in [0, 0.1) is 0 Å². The number of rotatable bonds is 5. The van der Waals surface area contributed by atoms with Crippen molar-refractivity contribution < 1.29 is 19.5 Å². The fourth-order valence-corrected chi connectivity index (χ4v) is 2.14. The van der Waals surface area contributed by atoms with Crippen LogP contribution in [0.4, 0.5) is 4.79 Å². The predicted octanol–water partition coefficient (Wildman–Crippen LogP) is -0.733. The van der Waals surface area contributed by atoms with Crippen LogP contribution < -0.4 is 5.32 Å². The Morgan fingerprint density at radius 3 is 2.48 bits per heavy atom. The molecule has 0 unspecified atom stereocenters. The highest BCUT2D eigenvalue weighted by Crippen LogP contribution is 2.03. The van der Waals surface area contributed by atoms with E-state index in [4.69, 9.17) is 5.11 Å². The number of carboxylic acids is 1. The standard InChI is InChI=1S/C13H24N4O4/c1-15(2)11(18)4-5-14-13(21)17-7-3-6-16(8-9-17)10-12(19)20/h3-10H2,1-2H3,(H,14,21)(H,19,20). The van der Waals surface area contributed by atoms with Gasteiger partial charge < -0.3 is 20.2 Å². The maximum atomic E-state index is 12.0. The molecular formula is C13H24N4O4. The summed E-state index contributed by atoms with van der Waals surface area (Å²) in [6.45, 7) is 2.65. The molecule has 1 saturated heterocycles. The molecule has 1 rings (SSSR count). The summed E-state index contributed by atoms with van der Waals surface area (Å²) >= 11 is 0. The van der Waals surface area contributed by atoms with Gasteiger partial charge in [0.1, 0.15) is 0 Å². The van der Waals surface area contributed by atoms with E-state index in [9.17, 15) is 14.4 Å². The minimum atomic E-state index is -0.852. The van der Waals surface area contributed by atoms with Gasteiger partial charge in [0.25, 0.3) is 0 Å². The Labute approximate surface area is 124 Å². The second-order valence-corrected chi connectivity index (χ2v) is 5.28. The number of hydrogen-bond acceptors (Lipinski definition) is 4. The number of carboxylic acid groups (broad SMARTS) is 1. The zero-order valence-corrected chi connectivity index (χ0v) is 12.7. The number of nitrogens with zero attached hydrogens (tertiary/aromatic N) is 3. The Hall–Kier alpha value is -1.83. The summed E-state index contributed by atoms with van der Waals surface area (Å²) in [4.78, 5) is 39.1. The van der Waals surface area contributed by atoms with Crippen LogP contribution in [0.5, 0.6) is 0 Å². The monoisotopic (exact) mass is 300 g/mol. The van der Waals surface area contributed by atoms with Gasteiger partial charge in [-0.1, -0.05) is 0 Å². The molecular weight excluding hydrogens is 276 g/mol. The van der Waals surface area contributed by atoms with Gasteiger partial charge in [-0.3, -0.25) is 14.5 Å². The summed E-state index contributed by atoms with van der Waals surface area (Å²) in [5.41, 5.74) is 0. The Bertz CT molecular complexity index is 386. The van der Waals surface area contributed by atoms with Gasteiger partial charge >= 0.3 is 12.0 Å². The first-order chi connectivity index (χ1) is 9.90. The molecule has 0 bridgehead atoms. The minimum absolute atomic E-state index is 0.00674. The third-order valence-corrected chi connectivity index (χ3v) is 3.35. The number of carbonyl (C=O) groups excluding carboxylic acids is 2. The molecule has 0 saturated carbocycles. The van der Waals surface area contributed by atoms with Crippen molar-refractivity contribution in [3.8, 4) is 0 Å². The maximum absolute atomic E-state index is 12.0. The average Bonchev–Trinajstić information content (AvgIpc) is 2.63. The van der Waals surface area contributed by atoms with Crippen molar-refractivity contribution in [2.24, 2.45) is 0 Å². The van der Waals surface area contributed by atoms with Gasteiger partial charge in [0.15, 0.2) is 0 Å². The molecule has 8 heteroatoms. The number of hydrogen-bond donors (Lipinski definition) is 2. The highest BCUT2D eigenvalue weighted by Gasteiger charge is 2.20. The fraction of sp³-hybridized carbons (Fsp3) is 0.769. The molecule has 2 N–H and O–H groups in total. The van der Waals surface area contributed by atoms with E-state index in [2.05, 4.69) is 5.32 Å². The lowest BCUT2D eigenvalue weighted by molar-refractivity contribution is -0.138. The first-order valence-corrected chi connectivity index (χ1v) is 7.07. The zero-order valence-electron chi connectivity index (χ0n) is 12.7. The van der Waals surface area contributed by atoms with Crippen molar-refractivity contribution in [2.45, 2.75) is 12.8 Å². The first-order valence-electron chi connectivity index (χ1n) is 7.07. The van der Waals surface area contributed by atoms with Gasteiger partial charge in [-0.15, -0.1) is 0 Å². The Morgan fingerprint density at radius 1 is 1.14 bits per heavy atom. The molecule has 0 atom stereocenters. The van der Waals surface area contributed by atoms with Crippen LogP contribution >= 0.6 is 0 Å². The highest BCUT2D eigenvalue weighted by atomic mass is 16.4. The van der Waals surface area contributed by atoms with Crippen LogP contribution in [-0.2, 0) is 9.59 Å². The average molecular weight is 300 g/mol. The van der Waals surface area contributed by atoms with Crippen LogP contribution in [0.3, 0.4) is 0 Å². The smallest absolute Gasteiger partial charge is 0.317 e. The number of amides is 3. The van der Waals surface area contributed by atoms with Crippen molar-refractivity contribution in [2.75, 3.05) is 53.4 Å². The van der Waals surface area contributed by atoms with Gasteiger partial charge in [-0.05, 0) is 6.42 Å². The first kappa shape index (κ1) is 17.2. The summed E-state index contributed by atoms with van der Waals surface area (Å²) in [6, 6.07) is -0.196. The van der Waals surface area contributed by atoms with Crippen molar-refractivity contribution >= 4 is 17.9 Å².